The van der Waals surface area contributed by atoms with Crippen LogP contribution in [0.3, 0.4) is 0 Å². The van der Waals surface area contributed by atoms with Crippen LogP contribution >= 0.6 is 7.80 Å². The van der Waals surface area contributed by atoms with E-state index < -0.39 is 7.80 Å². The predicted octanol–water partition coefficient (Wildman–Crippen LogP) is 3.86. The Labute approximate surface area is 119 Å². The zero-order valence-corrected chi connectivity index (χ0v) is 12.0. The van der Waals surface area contributed by atoms with Crippen molar-refractivity contribution in [2.75, 3.05) is 0 Å². The third-order valence-electron chi connectivity index (χ3n) is 3.29. The van der Waals surface area contributed by atoms with Gasteiger partial charge >= 0.3 is 0 Å². The third kappa shape index (κ3) is 2.74. The molecule has 0 saturated heterocycles. The van der Waals surface area contributed by atoms with Crippen LogP contribution in [0.2, 0.25) is 0 Å². The van der Waals surface area contributed by atoms with E-state index in [9.17, 15) is 4.57 Å². The minimum Gasteiger partial charge on any atom is -0.317 e. The second kappa shape index (κ2) is 5.90. The maximum Gasteiger partial charge on any atom is 0.131 e. The molecule has 0 heterocycles. The Morgan fingerprint density at radius 1 is 0.500 bits per heavy atom. The SMILES string of the molecule is O=[PH](c1ccccc1)c1ccc(-c2ccccc2)cc1. The summed E-state index contributed by atoms with van der Waals surface area (Å²) in [7, 11) is -1.89. The van der Waals surface area contributed by atoms with E-state index in [4.69, 9.17) is 0 Å². The molecule has 3 rings (SSSR count). The smallest absolute Gasteiger partial charge is 0.131 e. The molecule has 0 aliphatic rings. The molecule has 98 valence electrons. The Morgan fingerprint density at radius 3 is 1.55 bits per heavy atom. The van der Waals surface area contributed by atoms with Crippen molar-refractivity contribution in [3.63, 3.8) is 0 Å². The largest absolute Gasteiger partial charge is 0.317 e. The Morgan fingerprint density at radius 2 is 0.950 bits per heavy atom. The van der Waals surface area contributed by atoms with E-state index in [1.165, 1.54) is 5.56 Å². The van der Waals surface area contributed by atoms with Crippen molar-refractivity contribution >= 4 is 18.4 Å². The van der Waals surface area contributed by atoms with Gasteiger partial charge in [-0.1, -0.05) is 84.9 Å². The molecule has 3 aromatic rings. The van der Waals surface area contributed by atoms with Gasteiger partial charge in [0, 0.05) is 10.6 Å². The lowest BCUT2D eigenvalue weighted by Gasteiger charge is -2.05. The number of hydrogen-bond acceptors (Lipinski definition) is 1. The lowest BCUT2D eigenvalue weighted by atomic mass is 10.1. The van der Waals surface area contributed by atoms with Gasteiger partial charge in [-0.05, 0) is 11.1 Å². The van der Waals surface area contributed by atoms with Crippen LogP contribution in [0.5, 0.6) is 0 Å². The van der Waals surface area contributed by atoms with Crippen molar-refractivity contribution < 1.29 is 4.57 Å². The Bertz CT molecular complexity index is 703. The first-order valence-electron chi connectivity index (χ1n) is 6.60. The molecule has 0 N–H and O–H groups in total. The summed E-state index contributed by atoms with van der Waals surface area (Å²) < 4.78 is 12.5. The molecule has 0 aliphatic carbocycles. The zero-order valence-electron chi connectivity index (χ0n) is 11.0. The molecule has 0 radical (unpaired) electrons. The quantitative estimate of drug-likeness (QED) is 0.665. The van der Waals surface area contributed by atoms with E-state index in [-0.39, 0.29) is 0 Å². The van der Waals surface area contributed by atoms with Gasteiger partial charge in [0.2, 0.25) is 0 Å². The van der Waals surface area contributed by atoms with E-state index >= 15 is 0 Å². The molecule has 0 spiro atoms. The third-order valence-corrected chi connectivity index (χ3v) is 5.01. The molecule has 1 unspecified atom stereocenters. The topological polar surface area (TPSA) is 17.1 Å². The van der Waals surface area contributed by atoms with Gasteiger partial charge < -0.3 is 4.57 Å². The van der Waals surface area contributed by atoms with Crippen LogP contribution in [0.1, 0.15) is 0 Å². The lowest BCUT2D eigenvalue weighted by molar-refractivity contribution is 0.598. The van der Waals surface area contributed by atoms with E-state index in [1.54, 1.807) is 0 Å². The normalized spacial score (nSPS) is 12.0. The Kier molecular flexibility index (Phi) is 3.80. The molecular formula is C18H15OP. The van der Waals surface area contributed by atoms with Gasteiger partial charge in [0.1, 0.15) is 7.80 Å². The molecule has 0 amide bonds. The van der Waals surface area contributed by atoms with Gasteiger partial charge in [0.25, 0.3) is 0 Å². The summed E-state index contributed by atoms with van der Waals surface area (Å²) in [5, 5.41) is 1.81. The van der Waals surface area contributed by atoms with Gasteiger partial charge in [-0.25, -0.2) is 0 Å². The monoisotopic (exact) mass is 278 g/mol. The fourth-order valence-corrected chi connectivity index (χ4v) is 3.50. The average molecular weight is 278 g/mol. The molecule has 0 aromatic heterocycles. The summed E-state index contributed by atoms with van der Waals surface area (Å²) >= 11 is 0. The Hall–Kier alpha value is -2.11. The maximum absolute atomic E-state index is 12.5. The van der Waals surface area contributed by atoms with Crippen molar-refractivity contribution in [2.24, 2.45) is 0 Å². The number of hydrogen-bond donors (Lipinski definition) is 0. The first-order valence-corrected chi connectivity index (χ1v) is 8.01. The second-order valence-electron chi connectivity index (χ2n) is 4.64. The first kappa shape index (κ1) is 12.9. The van der Waals surface area contributed by atoms with Crippen LogP contribution in [-0.4, -0.2) is 0 Å². The van der Waals surface area contributed by atoms with Crippen molar-refractivity contribution in [1.82, 2.24) is 0 Å². The first-order chi connectivity index (χ1) is 9.84. The zero-order chi connectivity index (χ0) is 13.8. The molecule has 3 aromatic carbocycles. The van der Waals surface area contributed by atoms with Gasteiger partial charge in [0.05, 0.1) is 0 Å². The van der Waals surface area contributed by atoms with Crippen molar-refractivity contribution in [3.8, 4) is 11.1 Å². The van der Waals surface area contributed by atoms with E-state index in [1.807, 2.05) is 72.8 Å². The Balaban J connectivity index is 1.89. The number of benzene rings is 3. The lowest BCUT2D eigenvalue weighted by Crippen LogP contribution is -2.05. The summed E-state index contributed by atoms with van der Waals surface area (Å²) in [5.41, 5.74) is 2.33. The second-order valence-corrected chi connectivity index (χ2v) is 6.45. The highest BCUT2D eigenvalue weighted by molar-refractivity contribution is 7.61. The van der Waals surface area contributed by atoms with Gasteiger partial charge in [-0.3, -0.25) is 0 Å². The van der Waals surface area contributed by atoms with Gasteiger partial charge in [-0.2, -0.15) is 0 Å². The molecule has 0 aliphatic heterocycles. The standard InChI is InChI=1S/C18H15OP/c19-20(17-9-5-2-6-10-17)18-13-11-16(12-14-18)15-7-3-1-4-8-15/h1-14,20H. The summed E-state index contributed by atoms with van der Waals surface area (Å²) in [6.07, 6.45) is 0. The van der Waals surface area contributed by atoms with E-state index in [0.29, 0.717) is 0 Å². The average Bonchev–Trinajstić information content (AvgIpc) is 2.56. The summed E-state index contributed by atoms with van der Waals surface area (Å²) in [5.74, 6) is 0. The molecule has 0 fully saturated rings. The summed E-state index contributed by atoms with van der Waals surface area (Å²) in [6.45, 7) is 0. The van der Waals surface area contributed by atoms with Crippen LogP contribution in [0, 0.1) is 0 Å². The fraction of sp³-hybridized carbons (Fsp3) is 0. The van der Waals surface area contributed by atoms with Crippen LogP contribution < -0.4 is 10.6 Å². The van der Waals surface area contributed by atoms with Crippen molar-refractivity contribution in [3.05, 3.63) is 84.9 Å². The van der Waals surface area contributed by atoms with Crippen molar-refractivity contribution in [1.29, 1.82) is 0 Å². The highest BCUT2D eigenvalue weighted by Crippen LogP contribution is 2.22. The minimum absolute atomic E-state index is 0.904. The van der Waals surface area contributed by atoms with Gasteiger partial charge in [0.15, 0.2) is 0 Å². The molecule has 0 saturated carbocycles. The van der Waals surface area contributed by atoms with Crippen LogP contribution in [0.25, 0.3) is 11.1 Å². The predicted molar refractivity (Wildman–Crippen MR) is 86.6 cm³/mol. The molecular weight excluding hydrogens is 263 g/mol. The van der Waals surface area contributed by atoms with Crippen LogP contribution in [0.4, 0.5) is 0 Å². The highest BCUT2D eigenvalue weighted by atomic mass is 31.1. The molecule has 1 atom stereocenters. The summed E-state index contributed by atoms with van der Waals surface area (Å²) in [6, 6.07) is 27.9. The van der Waals surface area contributed by atoms with Crippen molar-refractivity contribution in [2.45, 2.75) is 0 Å². The van der Waals surface area contributed by atoms with E-state index in [0.717, 1.165) is 16.2 Å². The maximum atomic E-state index is 12.5. The minimum atomic E-state index is -1.89. The highest BCUT2D eigenvalue weighted by Gasteiger charge is 2.06. The molecule has 2 heteroatoms. The molecule has 20 heavy (non-hydrogen) atoms. The van der Waals surface area contributed by atoms with Crippen LogP contribution in [-0.2, 0) is 4.57 Å². The fourth-order valence-electron chi connectivity index (χ4n) is 2.20. The van der Waals surface area contributed by atoms with Gasteiger partial charge in [-0.15, -0.1) is 0 Å². The van der Waals surface area contributed by atoms with E-state index in [2.05, 4.69) is 12.1 Å². The molecule has 1 nitrogen and oxygen atoms in total. The summed E-state index contributed by atoms with van der Waals surface area (Å²) in [4.78, 5) is 0. The van der Waals surface area contributed by atoms with Crippen LogP contribution in [0.15, 0.2) is 84.9 Å². The number of rotatable bonds is 3. The molecule has 0 bridgehead atoms.